The summed E-state index contributed by atoms with van der Waals surface area (Å²) in [7, 11) is 0. The molecule has 8 heteroatoms. The molecule has 3 aromatic rings. The molecule has 1 saturated heterocycles. The van der Waals surface area contributed by atoms with E-state index in [2.05, 4.69) is 65.0 Å². The molecule has 1 N–H and O–H groups in total. The summed E-state index contributed by atoms with van der Waals surface area (Å²) in [6.45, 7) is 9.02. The van der Waals surface area contributed by atoms with Crippen LogP contribution in [0.5, 0.6) is 6.01 Å². The summed E-state index contributed by atoms with van der Waals surface area (Å²) in [5, 5.41) is 5.59. The van der Waals surface area contributed by atoms with E-state index in [-0.39, 0.29) is 11.9 Å². The summed E-state index contributed by atoms with van der Waals surface area (Å²) < 4.78 is 5.70. The minimum Gasteiger partial charge on any atom is -0.389 e. The zero-order valence-electron chi connectivity index (χ0n) is 20.3. The summed E-state index contributed by atoms with van der Waals surface area (Å²) in [6, 6.07) is 13.6. The number of carbonyl (C=O) groups is 1. The molecular formula is C27H31N5O2S. The van der Waals surface area contributed by atoms with E-state index in [1.54, 1.807) is 0 Å². The minimum absolute atomic E-state index is 0.109. The smallest absolute Gasteiger partial charge is 0.331 e. The Morgan fingerprint density at radius 3 is 2.66 bits per heavy atom. The third-order valence-corrected chi connectivity index (χ3v) is 7.25. The molecule has 2 aliphatic heterocycles. The molecule has 182 valence electrons. The Bertz CT molecular complexity index is 1250. The minimum atomic E-state index is -0.109. The van der Waals surface area contributed by atoms with Crippen molar-refractivity contribution in [1.29, 1.82) is 0 Å². The predicted octanol–water partition coefficient (Wildman–Crippen LogP) is 4.43. The van der Waals surface area contributed by atoms with Crippen LogP contribution in [0, 0.1) is 6.92 Å². The predicted molar refractivity (Wildman–Crippen MR) is 143 cm³/mol. The van der Waals surface area contributed by atoms with Crippen molar-refractivity contribution in [3.05, 3.63) is 65.9 Å². The highest BCUT2D eigenvalue weighted by molar-refractivity contribution is 7.94. The number of benzene rings is 2. The Hall–Kier alpha value is -3.26. The average molecular weight is 490 g/mol. The van der Waals surface area contributed by atoms with Gasteiger partial charge < -0.3 is 19.3 Å². The maximum atomic E-state index is 11.7. The molecule has 0 radical (unpaired) electrons. The first-order valence-electron chi connectivity index (χ1n) is 12.1. The molecule has 0 unspecified atom stereocenters. The Kier molecular flexibility index (Phi) is 6.81. The normalized spacial score (nSPS) is 16.2. The number of carbonyl (C=O) groups excluding carboxylic acids is 1. The highest BCUT2D eigenvalue weighted by atomic mass is 32.2. The molecule has 3 heterocycles. The number of aromatic nitrogens is 2. The SMILES string of the molecule is C=CC(=O)NC1CCN(c2nc(OSC)nc3c2CCN(c2cccc4cccc(C)c24)C3)CC1. The number of nitrogens with zero attached hydrogens (tertiary/aromatic N) is 4. The molecule has 5 rings (SSSR count). The molecule has 2 aromatic carbocycles. The van der Waals surface area contributed by atoms with Crippen molar-refractivity contribution in [3.63, 3.8) is 0 Å². The molecule has 1 amide bonds. The van der Waals surface area contributed by atoms with Crippen LogP contribution in [-0.4, -0.2) is 47.8 Å². The zero-order chi connectivity index (χ0) is 24.4. The van der Waals surface area contributed by atoms with Gasteiger partial charge in [-0.25, -0.2) is 0 Å². The van der Waals surface area contributed by atoms with Crippen molar-refractivity contribution in [3.8, 4) is 6.01 Å². The summed E-state index contributed by atoms with van der Waals surface area (Å²) in [5.41, 5.74) is 4.76. The zero-order valence-corrected chi connectivity index (χ0v) is 21.1. The van der Waals surface area contributed by atoms with E-state index < -0.39 is 0 Å². The fourth-order valence-corrected chi connectivity index (χ4v) is 5.46. The lowest BCUT2D eigenvalue weighted by molar-refractivity contribution is -0.117. The Labute approximate surface area is 210 Å². The van der Waals surface area contributed by atoms with Gasteiger partial charge in [0, 0.05) is 48.6 Å². The molecule has 7 nitrogen and oxygen atoms in total. The van der Waals surface area contributed by atoms with Crippen LogP contribution in [0.15, 0.2) is 49.1 Å². The molecule has 0 bridgehead atoms. The van der Waals surface area contributed by atoms with Crippen molar-refractivity contribution in [1.82, 2.24) is 15.3 Å². The lowest BCUT2D eigenvalue weighted by atomic mass is 9.99. The van der Waals surface area contributed by atoms with E-state index in [0.29, 0.717) is 6.01 Å². The first-order valence-corrected chi connectivity index (χ1v) is 13.2. The maximum absolute atomic E-state index is 11.7. The highest BCUT2D eigenvalue weighted by Crippen LogP contribution is 2.36. The first-order chi connectivity index (χ1) is 17.1. The molecule has 2 aliphatic rings. The molecular weight excluding hydrogens is 458 g/mol. The van der Waals surface area contributed by atoms with Crippen molar-refractivity contribution >= 4 is 40.2 Å². The number of piperidine rings is 1. The van der Waals surface area contributed by atoms with Crippen LogP contribution < -0.4 is 19.3 Å². The Morgan fingerprint density at radius 2 is 1.91 bits per heavy atom. The average Bonchev–Trinajstić information content (AvgIpc) is 2.88. The standard InChI is InChI=1S/C27H31N5O2S/c1-4-24(33)28-20-11-14-31(15-12-20)26-21-13-16-32(17-22(21)29-27(30-26)34-35-3)23-10-6-9-19-8-5-7-18(2)25(19)23/h4-10,20H,1,11-17H2,2-3H3,(H,28,33). The number of hydrogen-bond donors (Lipinski definition) is 1. The van der Waals surface area contributed by atoms with Crippen molar-refractivity contribution in [2.24, 2.45) is 0 Å². The van der Waals surface area contributed by atoms with Crippen LogP contribution in [0.4, 0.5) is 11.5 Å². The van der Waals surface area contributed by atoms with Gasteiger partial charge in [0.25, 0.3) is 0 Å². The third kappa shape index (κ3) is 4.80. The molecule has 1 aromatic heterocycles. The number of rotatable bonds is 6. The summed E-state index contributed by atoms with van der Waals surface area (Å²) in [4.78, 5) is 26.1. The third-order valence-electron chi connectivity index (χ3n) is 6.94. The molecule has 0 aliphatic carbocycles. The molecule has 35 heavy (non-hydrogen) atoms. The van der Waals surface area contributed by atoms with Crippen molar-refractivity contribution in [2.45, 2.75) is 38.8 Å². The van der Waals surface area contributed by atoms with Gasteiger partial charge in [0.15, 0.2) is 0 Å². The second-order valence-corrected chi connectivity index (χ2v) is 9.60. The van der Waals surface area contributed by atoms with Crippen LogP contribution in [-0.2, 0) is 17.8 Å². The first kappa shape index (κ1) is 23.5. The fourth-order valence-electron chi connectivity index (χ4n) is 5.23. The number of anilines is 2. The van der Waals surface area contributed by atoms with Gasteiger partial charge in [-0.05, 0) is 49.3 Å². The molecule has 0 saturated carbocycles. The van der Waals surface area contributed by atoms with Crippen LogP contribution in [0.2, 0.25) is 0 Å². The van der Waals surface area contributed by atoms with Crippen LogP contribution in [0.3, 0.4) is 0 Å². The second-order valence-electron chi connectivity index (χ2n) is 9.10. The van der Waals surface area contributed by atoms with Gasteiger partial charge in [-0.1, -0.05) is 36.9 Å². The van der Waals surface area contributed by atoms with E-state index in [0.717, 1.165) is 57.0 Å². The second kappa shape index (κ2) is 10.2. The monoisotopic (exact) mass is 489 g/mol. The molecule has 1 fully saturated rings. The van der Waals surface area contributed by atoms with E-state index in [9.17, 15) is 4.79 Å². The summed E-state index contributed by atoms with van der Waals surface area (Å²) >= 11 is 1.26. The van der Waals surface area contributed by atoms with Gasteiger partial charge in [0.05, 0.1) is 24.3 Å². The number of amides is 1. The van der Waals surface area contributed by atoms with Crippen LogP contribution >= 0.6 is 12.0 Å². The Morgan fingerprint density at radius 1 is 1.14 bits per heavy atom. The Balaban J connectivity index is 1.43. The highest BCUT2D eigenvalue weighted by Gasteiger charge is 2.29. The fraction of sp³-hybridized carbons (Fsp3) is 0.370. The van der Waals surface area contributed by atoms with E-state index in [1.165, 1.54) is 45.7 Å². The number of aryl methyl sites for hydroxylation is 1. The van der Waals surface area contributed by atoms with Gasteiger partial charge >= 0.3 is 6.01 Å². The van der Waals surface area contributed by atoms with Crippen LogP contribution in [0.1, 0.15) is 29.7 Å². The van der Waals surface area contributed by atoms with Gasteiger partial charge in [0.1, 0.15) is 5.82 Å². The summed E-state index contributed by atoms with van der Waals surface area (Å²) in [5.74, 6) is 0.864. The lowest BCUT2D eigenvalue weighted by Gasteiger charge is -2.37. The number of nitrogens with one attached hydrogen (secondary N) is 1. The van der Waals surface area contributed by atoms with Crippen molar-refractivity contribution in [2.75, 3.05) is 35.7 Å². The topological polar surface area (TPSA) is 70.6 Å². The number of hydrogen-bond acceptors (Lipinski definition) is 7. The van der Waals surface area contributed by atoms with Gasteiger partial charge in [0.2, 0.25) is 5.91 Å². The van der Waals surface area contributed by atoms with Gasteiger partial charge in [-0.3, -0.25) is 4.79 Å². The van der Waals surface area contributed by atoms with Gasteiger partial charge in [-0.2, -0.15) is 9.97 Å². The van der Waals surface area contributed by atoms with E-state index >= 15 is 0 Å². The maximum Gasteiger partial charge on any atom is 0.331 e. The van der Waals surface area contributed by atoms with E-state index in [4.69, 9.17) is 14.2 Å². The molecule has 0 spiro atoms. The molecule has 0 atom stereocenters. The van der Waals surface area contributed by atoms with Gasteiger partial charge in [-0.15, -0.1) is 0 Å². The van der Waals surface area contributed by atoms with Crippen LogP contribution in [0.25, 0.3) is 10.8 Å². The summed E-state index contributed by atoms with van der Waals surface area (Å²) in [6.07, 6.45) is 5.83. The van der Waals surface area contributed by atoms with E-state index in [1.807, 2.05) is 6.26 Å². The largest absolute Gasteiger partial charge is 0.389 e. The van der Waals surface area contributed by atoms with Crippen molar-refractivity contribution < 1.29 is 8.98 Å². The lowest BCUT2D eigenvalue weighted by Crippen LogP contribution is -2.45. The quantitative estimate of drug-likeness (QED) is 0.406. The number of fused-ring (bicyclic) bond motifs is 2.